The molecule has 2 rings (SSSR count). The first-order chi connectivity index (χ1) is 9.18. The Kier molecular flexibility index (Phi) is 3.91. The van der Waals surface area contributed by atoms with Gasteiger partial charge in [-0.3, -0.25) is 0 Å². The van der Waals surface area contributed by atoms with Crippen LogP contribution < -0.4 is 5.46 Å². The fourth-order valence-corrected chi connectivity index (χ4v) is 2.72. The Balaban J connectivity index is 2.37. The van der Waals surface area contributed by atoms with Crippen molar-refractivity contribution < 1.29 is 13.9 Å². The molecule has 1 fully saturated rings. The summed E-state index contributed by atoms with van der Waals surface area (Å²) in [5, 5.41) is 9.04. The van der Waals surface area contributed by atoms with E-state index in [1.807, 2.05) is 27.7 Å². The van der Waals surface area contributed by atoms with E-state index in [-0.39, 0.29) is 0 Å². The molecule has 1 aliphatic rings. The largest absolute Gasteiger partial charge is 0.612 e. The van der Waals surface area contributed by atoms with Crippen molar-refractivity contribution in [3.8, 4) is 6.07 Å². The predicted molar refractivity (Wildman–Crippen MR) is 79.2 cm³/mol. The van der Waals surface area contributed by atoms with Crippen molar-refractivity contribution in [1.29, 1.82) is 5.26 Å². The Hall–Kier alpha value is -0.995. The molecule has 1 aromatic carbocycles. The molecule has 6 heteroatoms. The van der Waals surface area contributed by atoms with Crippen LogP contribution in [0.15, 0.2) is 23.1 Å². The molecule has 0 N–H and O–H groups in total. The summed E-state index contributed by atoms with van der Waals surface area (Å²) in [6.45, 7) is 7.93. The molecule has 1 aromatic rings. The fraction of sp³-hybridized carbons (Fsp3) is 0.500. The van der Waals surface area contributed by atoms with E-state index in [2.05, 4.69) is 6.07 Å². The fourth-order valence-electron chi connectivity index (χ4n) is 1.99. The summed E-state index contributed by atoms with van der Waals surface area (Å²) >= 11 is -1.22. The molecule has 0 saturated carbocycles. The Labute approximate surface area is 123 Å². The first kappa shape index (κ1) is 15.4. The van der Waals surface area contributed by atoms with E-state index in [1.54, 1.807) is 24.5 Å². The van der Waals surface area contributed by atoms with Gasteiger partial charge >= 0.3 is 7.12 Å². The maximum Gasteiger partial charge on any atom is 0.495 e. The maximum absolute atomic E-state index is 11.7. The molecule has 1 atom stereocenters. The van der Waals surface area contributed by atoms with Crippen molar-refractivity contribution in [2.75, 3.05) is 6.26 Å². The van der Waals surface area contributed by atoms with E-state index in [4.69, 9.17) is 14.6 Å². The SMILES string of the molecule is C[S+]([O-])c1cc(B2OC(C)(C)C(C)(C)O2)ccc1C#N. The molecule has 0 amide bonds. The van der Waals surface area contributed by atoms with E-state index >= 15 is 0 Å². The minimum absolute atomic E-state index is 0.420. The van der Waals surface area contributed by atoms with Gasteiger partial charge < -0.3 is 13.9 Å². The van der Waals surface area contributed by atoms with Gasteiger partial charge in [0.05, 0.1) is 11.2 Å². The Morgan fingerprint density at radius 2 is 1.75 bits per heavy atom. The van der Waals surface area contributed by atoms with Gasteiger partial charge in [-0.1, -0.05) is 6.07 Å². The molecule has 1 aliphatic heterocycles. The van der Waals surface area contributed by atoms with Gasteiger partial charge in [-0.15, -0.1) is 0 Å². The van der Waals surface area contributed by atoms with E-state index in [0.717, 1.165) is 5.46 Å². The van der Waals surface area contributed by atoms with E-state index < -0.39 is 29.5 Å². The van der Waals surface area contributed by atoms with Crippen LogP contribution in [0.2, 0.25) is 0 Å². The van der Waals surface area contributed by atoms with Crippen molar-refractivity contribution >= 4 is 23.8 Å². The second-order valence-corrected chi connectivity index (χ2v) is 7.26. The summed E-state index contributed by atoms with van der Waals surface area (Å²) in [6.07, 6.45) is 1.56. The maximum atomic E-state index is 11.7. The zero-order valence-corrected chi connectivity index (χ0v) is 13.2. The topological polar surface area (TPSA) is 65.3 Å². The van der Waals surface area contributed by atoms with Gasteiger partial charge in [-0.2, -0.15) is 5.26 Å². The quantitative estimate of drug-likeness (QED) is 0.613. The number of benzene rings is 1. The minimum atomic E-state index is -1.22. The summed E-state index contributed by atoms with van der Waals surface area (Å²) in [4.78, 5) is 0.514. The highest BCUT2D eigenvalue weighted by atomic mass is 32.2. The van der Waals surface area contributed by atoms with Crippen molar-refractivity contribution in [2.24, 2.45) is 0 Å². The van der Waals surface area contributed by atoms with E-state index in [9.17, 15) is 4.55 Å². The molecule has 1 unspecified atom stereocenters. The summed E-state index contributed by atoms with van der Waals surface area (Å²) < 4.78 is 23.6. The zero-order chi connectivity index (χ0) is 15.1. The second-order valence-electron chi connectivity index (χ2n) is 5.91. The molecule has 0 spiro atoms. The number of nitriles is 1. The van der Waals surface area contributed by atoms with Gasteiger partial charge in [-0.05, 0) is 56.5 Å². The highest BCUT2D eigenvalue weighted by molar-refractivity contribution is 7.90. The summed E-state index contributed by atoms with van der Waals surface area (Å²) in [6, 6.07) is 7.24. The van der Waals surface area contributed by atoms with Gasteiger partial charge in [-0.25, -0.2) is 0 Å². The third-order valence-corrected chi connectivity index (χ3v) is 4.92. The van der Waals surface area contributed by atoms with E-state index in [1.165, 1.54) is 0 Å². The van der Waals surface area contributed by atoms with Crippen LogP contribution in [0, 0.1) is 11.3 Å². The molecule has 1 saturated heterocycles. The predicted octanol–water partition coefficient (Wildman–Crippen LogP) is 1.59. The van der Waals surface area contributed by atoms with Crippen molar-refractivity contribution in [3.05, 3.63) is 23.8 Å². The van der Waals surface area contributed by atoms with Gasteiger partial charge in [0.15, 0.2) is 4.90 Å². The highest BCUT2D eigenvalue weighted by Gasteiger charge is 2.51. The molecule has 0 aromatic heterocycles. The monoisotopic (exact) mass is 291 g/mol. The minimum Gasteiger partial charge on any atom is -0.612 e. The van der Waals surface area contributed by atoms with Crippen LogP contribution in [0.5, 0.6) is 0 Å². The third-order valence-electron chi connectivity index (χ3n) is 3.96. The molecule has 106 valence electrons. The lowest BCUT2D eigenvalue weighted by atomic mass is 9.79. The molecular weight excluding hydrogens is 273 g/mol. The number of hydrogen-bond acceptors (Lipinski definition) is 4. The Morgan fingerprint density at radius 1 is 1.20 bits per heavy atom. The molecular formula is C14H18BNO3S. The number of rotatable bonds is 2. The van der Waals surface area contributed by atoms with Crippen LogP contribution in [-0.4, -0.2) is 29.1 Å². The molecule has 0 radical (unpaired) electrons. The van der Waals surface area contributed by atoms with E-state index in [0.29, 0.717) is 10.5 Å². The summed E-state index contributed by atoms with van der Waals surface area (Å²) in [7, 11) is -0.505. The standard InChI is InChI=1S/C14H18BNO3S/c1-13(2)14(3,4)19-15(18-13)11-7-6-10(9-16)12(8-11)20(5)17/h6-8H,1-5H3. The van der Waals surface area contributed by atoms with Crippen LogP contribution in [0.1, 0.15) is 33.3 Å². The van der Waals surface area contributed by atoms with Crippen LogP contribution in [0.4, 0.5) is 0 Å². The first-order valence-corrected chi connectivity index (χ1v) is 7.97. The van der Waals surface area contributed by atoms with Crippen LogP contribution in [-0.2, 0) is 20.5 Å². The average Bonchev–Trinajstić information content (AvgIpc) is 2.57. The van der Waals surface area contributed by atoms with Gasteiger partial charge in [0.1, 0.15) is 17.9 Å². The first-order valence-electron chi connectivity index (χ1n) is 6.41. The summed E-state index contributed by atoms with van der Waals surface area (Å²) in [5.74, 6) is 0. The number of nitrogens with zero attached hydrogens (tertiary/aromatic N) is 1. The van der Waals surface area contributed by atoms with Gasteiger partial charge in [0.25, 0.3) is 0 Å². The lowest BCUT2D eigenvalue weighted by Crippen LogP contribution is -2.41. The Bertz CT molecular complexity index is 550. The normalized spacial score (nSPS) is 21.6. The van der Waals surface area contributed by atoms with Crippen LogP contribution in [0.25, 0.3) is 0 Å². The molecule has 4 nitrogen and oxygen atoms in total. The molecule has 20 heavy (non-hydrogen) atoms. The summed E-state index contributed by atoms with van der Waals surface area (Å²) in [5.41, 5.74) is 0.368. The van der Waals surface area contributed by atoms with Gasteiger partial charge in [0, 0.05) is 0 Å². The van der Waals surface area contributed by atoms with Crippen molar-refractivity contribution in [1.82, 2.24) is 0 Å². The smallest absolute Gasteiger partial charge is 0.495 e. The average molecular weight is 291 g/mol. The molecule has 0 bridgehead atoms. The van der Waals surface area contributed by atoms with Crippen molar-refractivity contribution in [2.45, 2.75) is 43.8 Å². The molecule has 0 aliphatic carbocycles. The zero-order valence-electron chi connectivity index (χ0n) is 12.4. The second kappa shape index (κ2) is 5.08. The lowest BCUT2D eigenvalue weighted by Gasteiger charge is -2.32. The van der Waals surface area contributed by atoms with Gasteiger partial charge in [0.2, 0.25) is 0 Å². The van der Waals surface area contributed by atoms with Crippen LogP contribution in [0.3, 0.4) is 0 Å². The highest BCUT2D eigenvalue weighted by Crippen LogP contribution is 2.36. The Morgan fingerprint density at radius 3 is 2.20 bits per heavy atom. The number of hydrogen-bond donors (Lipinski definition) is 0. The molecule has 1 heterocycles. The lowest BCUT2D eigenvalue weighted by molar-refractivity contribution is 0.00578. The van der Waals surface area contributed by atoms with Crippen LogP contribution >= 0.6 is 0 Å². The van der Waals surface area contributed by atoms with Crippen molar-refractivity contribution in [3.63, 3.8) is 0 Å². The third kappa shape index (κ3) is 2.59.